The molecule has 1 amide bonds. The van der Waals surface area contributed by atoms with Crippen LogP contribution < -0.4 is 10.9 Å². The smallest absolute Gasteiger partial charge is 0.270 e. The fourth-order valence-electron chi connectivity index (χ4n) is 5.18. The van der Waals surface area contributed by atoms with Crippen LogP contribution in [0.1, 0.15) is 55.4 Å². The first-order chi connectivity index (χ1) is 16.7. The van der Waals surface area contributed by atoms with E-state index in [1.54, 1.807) is 30.5 Å². The Morgan fingerprint density at radius 1 is 1.26 bits per heavy atom. The molecule has 1 saturated heterocycles. The molecule has 8 heteroatoms. The van der Waals surface area contributed by atoms with Crippen LogP contribution in [0, 0.1) is 11.7 Å². The Kier molecular flexibility index (Phi) is 5.92. The molecule has 1 fully saturated rings. The van der Waals surface area contributed by atoms with Crippen molar-refractivity contribution in [1.29, 1.82) is 0 Å². The summed E-state index contributed by atoms with van der Waals surface area (Å²) in [5.41, 5.74) is 2.39. The number of pyridine rings is 1. The molecular formula is C27H30FN5O2. The van der Waals surface area contributed by atoms with Crippen LogP contribution in [0.5, 0.6) is 0 Å². The first-order valence-corrected chi connectivity index (χ1v) is 12.0. The summed E-state index contributed by atoms with van der Waals surface area (Å²) in [6.45, 7) is 8.68. The number of likely N-dealkylation sites (tertiary alicyclic amines) is 1. The molecular weight excluding hydrogens is 445 g/mol. The Morgan fingerprint density at radius 2 is 2.09 bits per heavy atom. The van der Waals surface area contributed by atoms with E-state index in [0.29, 0.717) is 11.2 Å². The van der Waals surface area contributed by atoms with E-state index in [0.717, 1.165) is 42.0 Å². The molecule has 1 aliphatic rings. The number of hydrogen-bond acceptors (Lipinski definition) is 4. The van der Waals surface area contributed by atoms with Gasteiger partial charge in [-0.3, -0.25) is 18.9 Å². The van der Waals surface area contributed by atoms with E-state index in [9.17, 15) is 14.0 Å². The molecule has 1 aromatic carbocycles. The summed E-state index contributed by atoms with van der Waals surface area (Å²) < 4.78 is 16.2. The molecule has 0 bridgehead atoms. The fraction of sp³-hybridized carbons (Fsp3) is 0.370. The summed E-state index contributed by atoms with van der Waals surface area (Å²) in [7, 11) is 0. The lowest BCUT2D eigenvalue weighted by Gasteiger charge is -2.44. The number of hydrogen-bond donors (Lipinski definition) is 2. The molecule has 35 heavy (non-hydrogen) atoms. The van der Waals surface area contributed by atoms with Crippen LogP contribution in [-0.2, 0) is 13.1 Å². The molecule has 0 unspecified atom stereocenters. The summed E-state index contributed by atoms with van der Waals surface area (Å²) in [6, 6.07) is 11.5. The normalized spacial score (nSPS) is 18.2. The van der Waals surface area contributed by atoms with Crippen molar-refractivity contribution in [2.45, 2.75) is 52.2 Å². The topological polar surface area (TPSA) is 82.5 Å². The number of aromatic nitrogens is 3. The highest BCUT2D eigenvalue weighted by Gasteiger charge is 2.33. The van der Waals surface area contributed by atoms with Gasteiger partial charge in [-0.25, -0.2) is 9.37 Å². The van der Waals surface area contributed by atoms with Crippen LogP contribution in [0.3, 0.4) is 0 Å². The molecule has 0 aliphatic carbocycles. The second-order valence-corrected chi connectivity index (χ2v) is 10.2. The number of benzene rings is 1. The maximum absolute atomic E-state index is 14.8. The standard InChI is InChI=1S/C27H30FN5O2/c1-17-7-9-32(27(2,3)14-17)16-20-10-18-11-21(28)19(12-22(18)30-20)15-29-26(35)23-13-25(34)33-8-5-4-6-24(33)31-23/h4-6,8,10-13,17,30H,7,9,14-16H2,1-3H3,(H,29,35)/t17-/m1/s1. The van der Waals surface area contributed by atoms with Crippen LogP contribution in [-0.4, -0.2) is 37.3 Å². The Morgan fingerprint density at radius 3 is 2.89 bits per heavy atom. The number of piperidine rings is 1. The predicted molar refractivity (Wildman–Crippen MR) is 134 cm³/mol. The maximum Gasteiger partial charge on any atom is 0.270 e. The number of amides is 1. The minimum atomic E-state index is -0.526. The van der Waals surface area contributed by atoms with E-state index in [4.69, 9.17) is 0 Å². The fourth-order valence-corrected chi connectivity index (χ4v) is 5.18. The Balaban J connectivity index is 1.32. The average molecular weight is 476 g/mol. The SMILES string of the molecule is C[C@@H]1CCN(Cc2cc3cc(F)c(CNC(=O)c4cc(=O)n5ccccc5n4)cc3[nH]2)C(C)(C)C1. The largest absolute Gasteiger partial charge is 0.357 e. The predicted octanol–water partition coefficient (Wildman–Crippen LogP) is 4.26. The molecule has 0 saturated carbocycles. The van der Waals surface area contributed by atoms with E-state index in [1.807, 2.05) is 6.07 Å². The third kappa shape index (κ3) is 4.71. The van der Waals surface area contributed by atoms with E-state index >= 15 is 0 Å². The van der Waals surface area contributed by atoms with Gasteiger partial charge in [0, 0.05) is 53.1 Å². The highest BCUT2D eigenvalue weighted by molar-refractivity contribution is 5.92. The van der Waals surface area contributed by atoms with Gasteiger partial charge in [-0.1, -0.05) is 13.0 Å². The Bertz CT molecular complexity index is 1470. The zero-order valence-electron chi connectivity index (χ0n) is 20.3. The van der Waals surface area contributed by atoms with Gasteiger partial charge in [-0.05, 0) is 69.5 Å². The van der Waals surface area contributed by atoms with Crippen LogP contribution in [0.4, 0.5) is 4.39 Å². The van der Waals surface area contributed by atoms with Gasteiger partial charge >= 0.3 is 0 Å². The number of aromatic amines is 1. The Hall–Kier alpha value is -3.52. The van der Waals surface area contributed by atoms with Crippen molar-refractivity contribution in [3.05, 3.63) is 81.8 Å². The highest BCUT2D eigenvalue weighted by Crippen LogP contribution is 2.32. The van der Waals surface area contributed by atoms with Gasteiger partial charge in [0.25, 0.3) is 11.5 Å². The third-order valence-corrected chi connectivity index (χ3v) is 7.04. The number of fused-ring (bicyclic) bond motifs is 2. The van der Waals surface area contributed by atoms with Gasteiger partial charge < -0.3 is 10.3 Å². The van der Waals surface area contributed by atoms with Gasteiger partial charge in [-0.15, -0.1) is 0 Å². The van der Waals surface area contributed by atoms with Crippen molar-refractivity contribution < 1.29 is 9.18 Å². The lowest BCUT2D eigenvalue weighted by atomic mass is 9.83. The van der Waals surface area contributed by atoms with Crippen LogP contribution >= 0.6 is 0 Å². The number of nitrogens with one attached hydrogen (secondary N) is 2. The van der Waals surface area contributed by atoms with Crippen LogP contribution in [0.15, 0.2) is 53.5 Å². The molecule has 1 aliphatic heterocycles. The molecule has 4 heterocycles. The summed E-state index contributed by atoms with van der Waals surface area (Å²) in [4.78, 5) is 35.0. The van der Waals surface area contributed by atoms with Crippen molar-refractivity contribution >= 4 is 22.5 Å². The monoisotopic (exact) mass is 475 g/mol. The summed E-state index contributed by atoms with van der Waals surface area (Å²) in [5.74, 6) is -0.191. The maximum atomic E-state index is 14.8. The van der Waals surface area contributed by atoms with Crippen molar-refractivity contribution in [2.75, 3.05) is 6.54 Å². The second-order valence-electron chi connectivity index (χ2n) is 10.2. The molecule has 182 valence electrons. The molecule has 0 spiro atoms. The van der Waals surface area contributed by atoms with E-state index < -0.39 is 5.91 Å². The molecule has 2 N–H and O–H groups in total. The third-order valence-electron chi connectivity index (χ3n) is 7.04. The van der Waals surface area contributed by atoms with Crippen LogP contribution in [0.2, 0.25) is 0 Å². The molecule has 7 nitrogen and oxygen atoms in total. The number of H-pyrrole nitrogens is 1. The molecule has 1 atom stereocenters. The van der Waals surface area contributed by atoms with Crippen molar-refractivity contribution in [3.63, 3.8) is 0 Å². The average Bonchev–Trinajstić information content (AvgIpc) is 3.19. The summed E-state index contributed by atoms with van der Waals surface area (Å²) in [5, 5.41) is 3.49. The van der Waals surface area contributed by atoms with E-state index in [-0.39, 0.29) is 29.2 Å². The van der Waals surface area contributed by atoms with Gasteiger partial charge in [0.15, 0.2) is 0 Å². The lowest BCUT2D eigenvalue weighted by molar-refractivity contribution is 0.0435. The highest BCUT2D eigenvalue weighted by atomic mass is 19.1. The number of nitrogens with zero attached hydrogens (tertiary/aromatic N) is 3. The number of rotatable bonds is 5. The summed E-state index contributed by atoms with van der Waals surface area (Å²) in [6.07, 6.45) is 3.93. The van der Waals surface area contributed by atoms with Gasteiger partial charge in [0.05, 0.1) is 0 Å². The van der Waals surface area contributed by atoms with Crippen LogP contribution in [0.25, 0.3) is 16.6 Å². The molecule has 3 aromatic heterocycles. The minimum Gasteiger partial charge on any atom is -0.357 e. The summed E-state index contributed by atoms with van der Waals surface area (Å²) >= 11 is 0. The quantitative estimate of drug-likeness (QED) is 0.452. The zero-order chi connectivity index (χ0) is 24.7. The minimum absolute atomic E-state index is 0.00307. The number of carbonyl (C=O) groups is 1. The first kappa shape index (κ1) is 23.2. The van der Waals surface area contributed by atoms with Crippen molar-refractivity contribution in [1.82, 2.24) is 24.6 Å². The van der Waals surface area contributed by atoms with Crippen molar-refractivity contribution in [3.8, 4) is 0 Å². The second kappa shape index (κ2) is 8.92. The number of carbonyl (C=O) groups excluding carboxylic acids is 1. The van der Waals surface area contributed by atoms with Gasteiger partial charge in [-0.2, -0.15) is 0 Å². The molecule has 4 aromatic rings. The lowest BCUT2D eigenvalue weighted by Crippen LogP contribution is -2.48. The molecule has 0 radical (unpaired) electrons. The van der Waals surface area contributed by atoms with E-state index in [2.05, 4.69) is 41.0 Å². The van der Waals surface area contributed by atoms with E-state index in [1.165, 1.54) is 23.0 Å². The first-order valence-electron chi connectivity index (χ1n) is 12.0. The Labute approximate surface area is 203 Å². The number of halogens is 1. The van der Waals surface area contributed by atoms with Gasteiger partial charge in [0.1, 0.15) is 17.2 Å². The van der Waals surface area contributed by atoms with Crippen molar-refractivity contribution in [2.24, 2.45) is 5.92 Å². The van der Waals surface area contributed by atoms with Gasteiger partial charge in [0.2, 0.25) is 0 Å². The zero-order valence-corrected chi connectivity index (χ0v) is 20.3. The molecule has 5 rings (SSSR count).